The molecule has 0 unspecified atom stereocenters. The van der Waals surface area contributed by atoms with Crippen molar-refractivity contribution in [1.82, 2.24) is 9.80 Å². The van der Waals surface area contributed by atoms with Crippen LogP contribution in [0.5, 0.6) is 0 Å². The van der Waals surface area contributed by atoms with Crippen molar-refractivity contribution in [2.75, 3.05) is 63.7 Å². The quantitative estimate of drug-likeness (QED) is 0.686. The molecule has 1 fully saturated rings. The van der Waals surface area contributed by atoms with Crippen LogP contribution in [0.2, 0.25) is 0 Å². The van der Waals surface area contributed by atoms with Crippen LogP contribution in [-0.2, 0) is 14.3 Å². The van der Waals surface area contributed by atoms with Gasteiger partial charge in [0, 0.05) is 49.5 Å². The van der Waals surface area contributed by atoms with Gasteiger partial charge in [-0.3, -0.25) is 14.5 Å². The zero-order valence-electron chi connectivity index (χ0n) is 17.3. The van der Waals surface area contributed by atoms with Gasteiger partial charge in [-0.05, 0) is 42.8 Å². The van der Waals surface area contributed by atoms with Gasteiger partial charge in [0.15, 0.2) is 0 Å². The third-order valence-electron chi connectivity index (χ3n) is 5.46. The molecule has 4 rings (SSSR count). The lowest BCUT2D eigenvalue weighted by Crippen LogP contribution is -2.44. The highest BCUT2D eigenvalue weighted by Gasteiger charge is 2.39. The van der Waals surface area contributed by atoms with Crippen LogP contribution in [0.25, 0.3) is 5.57 Å². The van der Waals surface area contributed by atoms with E-state index in [9.17, 15) is 9.59 Å². The summed E-state index contributed by atoms with van der Waals surface area (Å²) in [5.74, 6) is -0.598. The average Bonchev–Trinajstić information content (AvgIpc) is 3.35. The second kappa shape index (κ2) is 8.99. The molecule has 158 valence electrons. The summed E-state index contributed by atoms with van der Waals surface area (Å²) in [5, 5.41) is 5.11. The van der Waals surface area contributed by atoms with Crippen LogP contribution in [-0.4, -0.2) is 75.1 Å². The standard InChI is InChI=1S/C22H26N4O3S/c1-24-9-11-25(12-10-24)17-7-5-16(6-8-17)23-20-19(18-4-3-15-30-18)21(27)26(22(20)28)13-14-29-2/h3-8,15,23H,9-14H2,1-2H3. The Balaban J connectivity index is 1.56. The number of nitrogens with one attached hydrogen (secondary N) is 1. The Morgan fingerprint density at radius 3 is 2.40 bits per heavy atom. The number of ether oxygens (including phenoxy) is 1. The number of hydrogen-bond acceptors (Lipinski definition) is 7. The molecular weight excluding hydrogens is 400 g/mol. The number of benzene rings is 1. The van der Waals surface area contributed by atoms with Crippen molar-refractivity contribution in [3.8, 4) is 0 Å². The number of carbonyl (C=O) groups excluding carboxylic acids is 2. The molecule has 1 aromatic heterocycles. The maximum Gasteiger partial charge on any atom is 0.278 e. The van der Waals surface area contributed by atoms with Crippen molar-refractivity contribution >= 4 is 40.1 Å². The van der Waals surface area contributed by atoms with Gasteiger partial charge >= 0.3 is 0 Å². The fraction of sp³-hybridized carbons (Fsp3) is 0.364. The third-order valence-corrected chi connectivity index (χ3v) is 6.35. The van der Waals surface area contributed by atoms with Gasteiger partial charge in [-0.15, -0.1) is 11.3 Å². The lowest BCUT2D eigenvalue weighted by molar-refractivity contribution is -0.137. The van der Waals surface area contributed by atoms with Crippen LogP contribution in [0.1, 0.15) is 4.88 Å². The van der Waals surface area contributed by atoms with Crippen LogP contribution in [0.4, 0.5) is 11.4 Å². The fourth-order valence-corrected chi connectivity index (χ4v) is 4.46. The van der Waals surface area contributed by atoms with E-state index in [-0.39, 0.29) is 18.4 Å². The van der Waals surface area contributed by atoms with Crippen molar-refractivity contribution in [3.05, 3.63) is 52.4 Å². The minimum absolute atomic E-state index is 0.233. The van der Waals surface area contributed by atoms with E-state index >= 15 is 0 Å². The first-order chi connectivity index (χ1) is 14.6. The minimum Gasteiger partial charge on any atom is -0.383 e. The van der Waals surface area contributed by atoms with Crippen molar-refractivity contribution in [2.45, 2.75) is 0 Å². The van der Waals surface area contributed by atoms with E-state index < -0.39 is 0 Å². The number of amides is 2. The molecule has 2 aliphatic rings. The molecule has 2 aromatic rings. The first kappa shape index (κ1) is 20.6. The van der Waals surface area contributed by atoms with Crippen LogP contribution in [0.3, 0.4) is 0 Å². The highest BCUT2D eigenvalue weighted by molar-refractivity contribution is 7.11. The Morgan fingerprint density at radius 2 is 1.77 bits per heavy atom. The Morgan fingerprint density at radius 1 is 1.03 bits per heavy atom. The second-order valence-electron chi connectivity index (χ2n) is 7.44. The molecule has 0 atom stereocenters. The maximum atomic E-state index is 13.0. The topological polar surface area (TPSA) is 65.1 Å². The molecule has 0 radical (unpaired) electrons. The molecule has 0 aliphatic carbocycles. The number of thiophene rings is 1. The summed E-state index contributed by atoms with van der Waals surface area (Å²) in [5.41, 5.74) is 2.70. The summed E-state index contributed by atoms with van der Waals surface area (Å²) in [6, 6.07) is 11.8. The smallest absolute Gasteiger partial charge is 0.278 e. The Bertz CT molecular complexity index is 932. The fourth-order valence-electron chi connectivity index (χ4n) is 3.69. The van der Waals surface area contributed by atoms with E-state index in [1.165, 1.54) is 16.2 Å². The molecule has 1 saturated heterocycles. The normalized spacial score (nSPS) is 17.9. The van der Waals surface area contributed by atoms with Crippen LogP contribution >= 0.6 is 11.3 Å². The zero-order valence-corrected chi connectivity index (χ0v) is 18.1. The Kier molecular flexibility index (Phi) is 6.17. The molecule has 0 saturated carbocycles. The van der Waals surface area contributed by atoms with Gasteiger partial charge in [0.2, 0.25) is 0 Å². The predicted octanol–water partition coefficient (Wildman–Crippen LogP) is 2.34. The highest BCUT2D eigenvalue weighted by Crippen LogP contribution is 2.33. The molecule has 8 heteroatoms. The largest absolute Gasteiger partial charge is 0.383 e. The Hall–Kier alpha value is -2.68. The average molecular weight is 427 g/mol. The molecule has 0 spiro atoms. The number of likely N-dealkylation sites (N-methyl/N-ethyl adjacent to an activating group) is 1. The number of nitrogens with zero attached hydrogens (tertiary/aromatic N) is 3. The van der Waals surface area contributed by atoms with Gasteiger partial charge in [0.25, 0.3) is 11.8 Å². The van der Waals surface area contributed by atoms with Crippen molar-refractivity contribution in [2.24, 2.45) is 0 Å². The predicted molar refractivity (Wildman–Crippen MR) is 120 cm³/mol. The van der Waals surface area contributed by atoms with E-state index in [1.54, 1.807) is 7.11 Å². The number of hydrogen-bond donors (Lipinski definition) is 1. The highest BCUT2D eigenvalue weighted by atomic mass is 32.1. The summed E-state index contributed by atoms with van der Waals surface area (Å²) in [6.45, 7) is 4.63. The van der Waals surface area contributed by atoms with Crippen LogP contribution in [0, 0.1) is 0 Å². The summed E-state index contributed by atoms with van der Waals surface area (Å²) in [6.07, 6.45) is 0. The minimum atomic E-state index is -0.316. The summed E-state index contributed by atoms with van der Waals surface area (Å²) in [7, 11) is 3.69. The molecule has 1 N–H and O–H groups in total. The number of carbonyl (C=O) groups is 2. The lowest BCUT2D eigenvalue weighted by atomic mass is 10.1. The van der Waals surface area contributed by atoms with Gasteiger partial charge in [0.1, 0.15) is 5.70 Å². The second-order valence-corrected chi connectivity index (χ2v) is 8.39. The SMILES string of the molecule is COCCN1C(=O)C(Nc2ccc(N3CCN(C)CC3)cc2)=C(c2cccs2)C1=O. The van der Waals surface area contributed by atoms with Gasteiger partial charge in [-0.25, -0.2) is 0 Å². The monoisotopic (exact) mass is 426 g/mol. The van der Waals surface area contributed by atoms with Gasteiger partial charge in [-0.1, -0.05) is 6.07 Å². The maximum absolute atomic E-state index is 13.0. The molecule has 2 amide bonds. The Labute approximate surface area is 180 Å². The molecule has 7 nitrogen and oxygen atoms in total. The summed E-state index contributed by atoms with van der Waals surface area (Å²) >= 11 is 1.45. The first-order valence-corrected chi connectivity index (χ1v) is 10.9. The number of anilines is 2. The number of imide groups is 1. The first-order valence-electron chi connectivity index (χ1n) is 10.0. The van der Waals surface area contributed by atoms with Crippen LogP contribution < -0.4 is 10.2 Å². The van der Waals surface area contributed by atoms with E-state index in [4.69, 9.17) is 4.74 Å². The van der Waals surface area contributed by atoms with Gasteiger partial charge < -0.3 is 19.9 Å². The zero-order chi connectivity index (χ0) is 21.1. The molecule has 3 heterocycles. The summed E-state index contributed by atoms with van der Waals surface area (Å²) in [4.78, 5) is 32.7. The van der Waals surface area contributed by atoms with Gasteiger partial charge in [0.05, 0.1) is 18.7 Å². The van der Waals surface area contributed by atoms with Crippen molar-refractivity contribution in [3.63, 3.8) is 0 Å². The molecule has 0 bridgehead atoms. The number of rotatable bonds is 7. The van der Waals surface area contributed by atoms with E-state index in [0.29, 0.717) is 17.9 Å². The van der Waals surface area contributed by atoms with E-state index in [1.807, 2.05) is 29.6 Å². The molecule has 1 aromatic carbocycles. The molecule has 2 aliphatic heterocycles. The van der Waals surface area contributed by atoms with Gasteiger partial charge in [-0.2, -0.15) is 0 Å². The summed E-state index contributed by atoms with van der Waals surface area (Å²) < 4.78 is 5.07. The van der Waals surface area contributed by atoms with Crippen molar-refractivity contribution in [1.29, 1.82) is 0 Å². The van der Waals surface area contributed by atoms with Crippen molar-refractivity contribution < 1.29 is 14.3 Å². The molecule has 30 heavy (non-hydrogen) atoms. The lowest BCUT2D eigenvalue weighted by Gasteiger charge is -2.34. The van der Waals surface area contributed by atoms with Crippen LogP contribution in [0.15, 0.2) is 47.5 Å². The van der Waals surface area contributed by atoms with E-state index in [0.717, 1.165) is 42.4 Å². The number of methoxy groups -OCH3 is 1. The molecular formula is C22H26N4O3S. The van der Waals surface area contributed by atoms with E-state index in [2.05, 4.69) is 34.3 Å². The third kappa shape index (κ3) is 4.12. The number of piperazine rings is 1.